The van der Waals surface area contributed by atoms with Gasteiger partial charge in [-0.1, -0.05) is 12.1 Å². The predicted molar refractivity (Wildman–Crippen MR) is 99.9 cm³/mol. The van der Waals surface area contributed by atoms with Gasteiger partial charge in [0.25, 0.3) is 0 Å². The SMILES string of the molecule is CCOc1ccc(CS(=O)(=O)NCC(=O)Nc2ccc(OC)cc2)cc1. The molecular formula is C18H22N2O5S. The van der Waals surface area contributed by atoms with E-state index in [0.29, 0.717) is 29.4 Å². The lowest BCUT2D eigenvalue weighted by molar-refractivity contribution is -0.115. The Morgan fingerprint density at radius 2 is 1.62 bits per heavy atom. The Bertz CT molecular complexity index is 818. The number of hydrogen-bond acceptors (Lipinski definition) is 5. The first-order valence-electron chi connectivity index (χ1n) is 8.05. The molecular weight excluding hydrogens is 356 g/mol. The van der Waals surface area contributed by atoms with Gasteiger partial charge >= 0.3 is 0 Å². The van der Waals surface area contributed by atoms with Crippen molar-refractivity contribution in [3.05, 3.63) is 54.1 Å². The van der Waals surface area contributed by atoms with E-state index < -0.39 is 15.9 Å². The monoisotopic (exact) mass is 378 g/mol. The lowest BCUT2D eigenvalue weighted by Gasteiger charge is -2.09. The van der Waals surface area contributed by atoms with E-state index >= 15 is 0 Å². The van der Waals surface area contributed by atoms with E-state index in [4.69, 9.17) is 9.47 Å². The minimum Gasteiger partial charge on any atom is -0.497 e. The van der Waals surface area contributed by atoms with E-state index in [0.717, 1.165) is 0 Å². The zero-order valence-corrected chi connectivity index (χ0v) is 15.5. The van der Waals surface area contributed by atoms with Crippen molar-refractivity contribution >= 4 is 21.6 Å². The van der Waals surface area contributed by atoms with Crippen LogP contribution in [0.2, 0.25) is 0 Å². The van der Waals surface area contributed by atoms with Crippen molar-refractivity contribution < 1.29 is 22.7 Å². The summed E-state index contributed by atoms with van der Waals surface area (Å²) in [6.07, 6.45) is 0. The number of methoxy groups -OCH3 is 1. The maximum Gasteiger partial charge on any atom is 0.239 e. The average molecular weight is 378 g/mol. The van der Waals surface area contributed by atoms with Crippen molar-refractivity contribution in [1.82, 2.24) is 4.72 Å². The van der Waals surface area contributed by atoms with E-state index in [2.05, 4.69) is 10.0 Å². The summed E-state index contributed by atoms with van der Waals surface area (Å²) in [5.41, 5.74) is 1.16. The maximum absolute atomic E-state index is 12.1. The molecule has 7 nitrogen and oxygen atoms in total. The lowest BCUT2D eigenvalue weighted by Crippen LogP contribution is -2.33. The van der Waals surface area contributed by atoms with Crippen LogP contribution >= 0.6 is 0 Å². The fourth-order valence-corrected chi connectivity index (χ4v) is 3.26. The molecule has 0 radical (unpaired) electrons. The molecule has 2 N–H and O–H groups in total. The summed E-state index contributed by atoms with van der Waals surface area (Å²) in [6, 6.07) is 13.5. The van der Waals surface area contributed by atoms with Crippen LogP contribution in [0.1, 0.15) is 12.5 Å². The van der Waals surface area contributed by atoms with Gasteiger partial charge in [-0.3, -0.25) is 4.79 Å². The first kappa shape index (κ1) is 19.7. The van der Waals surface area contributed by atoms with Crippen LogP contribution in [-0.4, -0.2) is 34.6 Å². The smallest absolute Gasteiger partial charge is 0.239 e. The predicted octanol–water partition coefficient (Wildman–Crippen LogP) is 2.15. The topological polar surface area (TPSA) is 93.7 Å². The van der Waals surface area contributed by atoms with Crippen molar-refractivity contribution in [3.8, 4) is 11.5 Å². The molecule has 0 saturated heterocycles. The molecule has 2 rings (SSSR count). The van der Waals surface area contributed by atoms with Crippen LogP contribution in [0.25, 0.3) is 0 Å². The van der Waals surface area contributed by atoms with Gasteiger partial charge in [-0.25, -0.2) is 13.1 Å². The number of sulfonamides is 1. The van der Waals surface area contributed by atoms with Gasteiger partial charge in [0, 0.05) is 5.69 Å². The highest BCUT2D eigenvalue weighted by atomic mass is 32.2. The molecule has 0 spiro atoms. The van der Waals surface area contributed by atoms with Crippen LogP contribution in [0, 0.1) is 0 Å². The number of hydrogen-bond donors (Lipinski definition) is 2. The molecule has 0 aliphatic heterocycles. The molecule has 2 aromatic rings. The summed E-state index contributed by atoms with van der Waals surface area (Å²) < 4.78 is 36.9. The van der Waals surface area contributed by atoms with Gasteiger partial charge in [-0.15, -0.1) is 0 Å². The van der Waals surface area contributed by atoms with Gasteiger partial charge < -0.3 is 14.8 Å². The number of nitrogens with one attached hydrogen (secondary N) is 2. The van der Waals surface area contributed by atoms with Gasteiger partial charge in [0.2, 0.25) is 15.9 Å². The molecule has 8 heteroatoms. The molecule has 0 aliphatic rings. The van der Waals surface area contributed by atoms with E-state index in [9.17, 15) is 13.2 Å². The molecule has 0 aliphatic carbocycles. The Labute approximate surface area is 153 Å². The fraction of sp³-hybridized carbons (Fsp3) is 0.278. The molecule has 1 amide bonds. The number of carbonyl (C=O) groups is 1. The molecule has 0 bridgehead atoms. The summed E-state index contributed by atoms with van der Waals surface area (Å²) >= 11 is 0. The van der Waals surface area contributed by atoms with Gasteiger partial charge in [0.1, 0.15) is 11.5 Å². The number of rotatable bonds is 9. The molecule has 0 heterocycles. The molecule has 2 aromatic carbocycles. The first-order chi connectivity index (χ1) is 12.4. The lowest BCUT2D eigenvalue weighted by atomic mass is 10.2. The van der Waals surface area contributed by atoms with Gasteiger partial charge in [0.05, 0.1) is 26.0 Å². The van der Waals surface area contributed by atoms with Crippen LogP contribution in [0.5, 0.6) is 11.5 Å². The first-order valence-corrected chi connectivity index (χ1v) is 9.70. The Hall–Kier alpha value is -2.58. The Morgan fingerprint density at radius 3 is 2.19 bits per heavy atom. The van der Waals surface area contributed by atoms with Crippen molar-refractivity contribution in [1.29, 1.82) is 0 Å². The van der Waals surface area contributed by atoms with Crippen LogP contribution in [0.4, 0.5) is 5.69 Å². The highest BCUT2D eigenvalue weighted by molar-refractivity contribution is 7.88. The fourth-order valence-electron chi connectivity index (χ4n) is 2.17. The number of amides is 1. The second kappa shape index (κ2) is 9.21. The van der Waals surface area contributed by atoms with Crippen LogP contribution in [0.15, 0.2) is 48.5 Å². The summed E-state index contributed by atoms with van der Waals surface area (Å²) in [5.74, 6) is 0.680. The van der Waals surface area contributed by atoms with Crippen molar-refractivity contribution in [2.45, 2.75) is 12.7 Å². The normalized spacial score (nSPS) is 11.0. The Kier molecular flexibility index (Phi) is 6.99. The van der Waals surface area contributed by atoms with Crippen LogP contribution in [0.3, 0.4) is 0 Å². The van der Waals surface area contributed by atoms with Crippen molar-refractivity contribution in [2.24, 2.45) is 0 Å². The molecule has 0 aromatic heterocycles. The number of carbonyl (C=O) groups excluding carboxylic acids is 1. The highest BCUT2D eigenvalue weighted by Gasteiger charge is 2.14. The van der Waals surface area contributed by atoms with Gasteiger partial charge in [-0.2, -0.15) is 0 Å². The number of benzene rings is 2. The second-order valence-corrected chi connectivity index (χ2v) is 7.24. The Balaban J connectivity index is 1.85. The summed E-state index contributed by atoms with van der Waals surface area (Å²) in [4.78, 5) is 11.9. The third-order valence-corrected chi connectivity index (χ3v) is 4.71. The maximum atomic E-state index is 12.1. The third-order valence-electron chi connectivity index (χ3n) is 3.42. The Morgan fingerprint density at radius 1 is 1.00 bits per heavy atom. The van der Waals surface area contributed by atoms with E-state index in [1.165, 1.54) is 0 Å². The quantitative estimate of drug-likeness (QED) is 0.697. The van der Waals surface area contributed by atoms with Crippen LogP contribution < -0.4 is 19.5 Å². The standard InChI is InChI=1S/C18H22N2O5S/c1-3-25-17-8-4-14(5-9-17)13-26(22,23)19-12-18(21)20-15-6-10-16(24-2)11-7-15/h4-11,19H,3,12-13H2,1-2H3,(H,20,21). The number of ether oxygens (including phenoxy) is 2. The zero-order chi connectivity index (χ0) is 19.0. The van der Waals surface area contributed by atoms with E-state index in [-0.39, 0.29) is 12.3 Å². The molecule has 26 heavy (non-hydrogen) atoms. The second-order valence-electron chi connectivity index (χ2n) is 5.43. The highest BCUT2D eigenvalue weighted by Crippen LogP contribution is 2.15. The van der Waals surface area contributed by atoms with Crippen LogP contribution in [-0.2, 0) is 20.6 Å². The van der Waals surface area contributed by atoms with E-state index in [1.54, 1.807) is 55.6 Å². The summed E-state index contributed by atoms with van der Waals surface area (Å²) in [5, 5.41) is 2.61. The molecule has 0 fully saturated rings. The van der Waals surface area contributed by atoms with Gasteiger partial charge in [-0.05, 0) is 48.9 Å². The molecule has 0 unspecified atom stereocenters. The number of anilines is 1. The van der Waals surface area contributed by atoms with E-state index in [1.807, 2.05) is 6.92 Å². The molecule has 0 atom stereocenters. The largest absolute Gasteiger partial charge is 0.497 e. The zero-order valence-electron chi connectivity index (χ0n) is 14.7. The minimum atomic E-state index is -3.63. The molecule has 140 valence electrons. The molecule has 0 saturated carbocycles. The summed E-state index contributed by atoms with van der Waals surface area (Å²) in [6.45, 7) is 2.08. The van der Waals surface area contributed by atoms with Crippen molar-refractivity contribution in [3.63, 3.8) is 0 Å². The third kappa shape index (κ3) is 6.38. The average Bonchev–Trinajstić information content (AvgIpc) is 2.62. The van der Waals surface area contributed by atoms with Crippen molar-refractivity contribution in [2.75, 3.05) is 25.6 Å². The minimum absolute atomic E-state index is 0.213. The van der Waals surface area contributed by atoms with Gasteiger partial charge in [0.15, 0.2) is 0 Å². The summed E-state index contributed by atoms with van der Waals surface area (Å²) in [7, 11) is -2.08.